The molecule has 26 heavy (non-hydrogen) atoms. The second kappa shape index (κ2) is 8.30. The third kappa shape index (κ3) is 3.87. The molecule has 0 saturated carbocycles. The second-order valence-corrected chi connectivity index (χ2v) is 6.55. The highest BCUT2D eigenvalue weighted by atomic mass is 16.3. The molecular formula is C22H26N2O2. The predicted molar refractivity (Wildman–Crippen MR) is 107 cm³/mol. The van der Waals surface area contributed by atoms with Crippen LogP contribution < -0.4 is 5.56 Å². The molecule has 1 atom stereocenters. The van der Waals surface area contributed by atoms with Crippen LogP contribution >= 0.6 is 0 Å². The number of benzene rings is 2. The Morgan fingerprint density at radius 2 is 1.58 bits per heavy atom. The van der Waals surface area contributed by atoms with Gasteiger partial charge >= 0.3 is 0 Å². The van der Waals surface area contributed by atoms with Crippen LogP contribution in [0.25, 0.3) is 21.9 Å². The van der Waals surface area contributed by atoms with E-state index in [4.69, 9.17) is 0 Å². The van der Waals surface area contributed by atoms with E-state index in [9.17, 15) is 9.90 Å². The van der Waals surface area contributed by atoms with Crippen molar-refractivity contribution in [2.24, 2.45) is 0 Å². The Morgan fingerprint density at radius 3 is 2.23 bits per heavy atom. The maximum absolute atomic E-state index is 12.9. The van der Waals surface area contributed by atoms with Crippen LogP contribution in [0.1, 0.15) is 13.8 Å². The average Bonchev–Trinajstić information content (AvgIpc) is 2.69. The third-order valence-corrected chi connectivity index (χ3v) is 4.85. The Bertz CT molecular complexity index is 914. The largest absolute Gasteiger partial charge is 0.390 e. The number of fused-ring (bicyclic) bond motifs is 1. The van der Waals surface area contributed by atoms with E-state index in [-0.39, 0.29) is 5.56 Å². The van der Waals surface area contributed by atoms with Gasteiger partial charge in [-0.2, -0.15) is 0 Å². The highest BCUT2D eigenvalue weighted by Crippen LogP contribution is 2.26. The first-order valence-electron chi connectivity index (χ1n) is 9.22. The van der Waals surface area contributed by atoms with Crippen molar-refractivity contribution in [2.45, 2.75) is 26.5 Å². The molecule has 1 aromatic heterocycles. The van der Waals surface area contributed by atoms with Crippen LogP contribution in [0, 0.1) is 0 Å². The first-order valence-corrected chi connectivity index (χ1v) is 9.22. The molecule has 3 aromatic rings. The van der Waals surface area contributed by atoms with E-state index in [0.717, 1.165) is 29.6 Å². The van der Waals surface area contributed by atoms with Gasteiger partial charge in [0, 0.05) is 23.7 Å². The Kier molecular flexibility index (Phi) is 5.86. The van der Waals surface area contributed by atoms with E-state index in [1.807, 2.05) is 60.8 Å². The Hall–Kier alpha value is -2.43. The van der Waals surface area contributed by atoms with Gasteiger partial charge < -0.3 is 14.6 Å². The minimum absolute atomic E-state index is 0.0566. The number of hydrogen-bond donors (Lipinski definition) is 1. The van der Waals surface area contributed by atoms with E-state index in [1.54, 1.807) is 4.57 Å². The summed E-state index contributed by atoms with van der Waals surface area (Å²) in [5.74, 6) is 0. The van der Waals surface area contributed by atoms with Gasteiger partial charge in [0.2, 0.25) is 0 Å². The number of hydrogen-bond acceptors (Lipinski definition) is 3. The fourth-order valence-corrected chi connectivity index (χ4v) is 3.39. The summed E-state index contributed by atoms with van der Waals surface area (Å²) in [6.45, 7) is 6.77. The summed E-state index contributed by atoms with van der Waals surface area (Å²) in [6.07, 6.45) is 1.29. The zero-order chi connectivity index (χ0) is 18.5. The van der Waals surface area contributed by atoms with E-state index in [0.29, 0.717) is 18.5 Å². The van der Waals surface area contributed by atoms with Gasteiger partial charge in [-0.05, 0) is 30.1 Å². The lowest BCUT2D eigenvalue weighted by Gasteiger charge is -2.23. The molecule has 1 unspecified atom stereocenters. The number of rotatable bonds is 7. The van der Waals surface area contributed by atoms with Crippen LogP contribution in [-0.4, -0.2) is 40.3 Å². The van der Waals surface area contributed by atoms with E-state index >= 15 is 0 Å². The molecule has 0 saturated heterocycles. The molecule has 4 nitrogen and oxygen atoms in total. The smallest absolute Gasteiger partial charge is 0.258 e. The summed E-state index contributed by atoms with van der Waals surface area (Å²) < 4.78 is 1.65. The summed E-state index contributed by atoms with van der Waals surface area (Å²) in [6, 6.07) is 17.7. The highest BCUT2D eigenvalue weighted by Gasteiger charge is 2.14. The number of likely N-dealkylation sites (N-methyl/N-ethyl adjacent to an activating group) is 1. The first-order chi connectivity index (χ1) is 12.6. The van der Waals surface area contributed by atoms with Crippen molar-refractivity contribution in [2.75, 3.05) is 19.6 Å². The molecular weight excluding hydrogens is 324 g/mol. The number of pyridine rings is 1. The molecule has 0 bridgehead atoms. The molecule has 3 rings (SSSR count). The van der Waals surface area contributed by atoms with E-state index < -0.39 is 6.10 Å². The minimum atomic E-state index is -0.586. The van der Waals surface area contributed by atoms with Gasteiger partial charge in [-0.15, -0.1) is 0 Å². The zero-order valence-electron chi connectivity index (χ0n) is 15.4. The molecule has 136 valence electrons. The van der Waals surface area contributed by atoms with E-state index in [2.05, 4.69) is 18.7 Å². The molecule has 0 fully saturated rings. The number of aliphatic hydroxyl groups excluding tert-OH is 1. The summed E-state index contributed by atoms with van der Waals surface area (Å²) in [5, 5.41) is 12.1. The van der Waals surface area contributed by atoms with Crippen molar-refractivity contribution in [3.05, 3.63) is 71.1 Å². The Labute approximate surface area is 154 Å². The Morgan fingerprint density at radius 1 is 0.962 bits per heavy atom. The van der Waals surface area contributed by atoms with Crippen molar-refractivity contribution in [3.63, 3.8) is 0 Å². The molecule has 0 amide bonds. The predicted octanol–water partition coefficient (Wildman–Crippen LogP) is 3.37. The molecule has 0 aliphatic rings. The van der Waals surface area contributed by atoms with Crippen molar-refractivity contribution in [1.29, 1.82) is 0 Å². The van der Waals surface area contributed by atoms with Gasteiger partial charge in [-0.1, -0.05) is 62.4 Å². The molecule has 0 radical (unpaired) electrons. The van der Waals surface area contributed by atoms with Crippen molar-refractivity contribution < 1.29 is 5.11 Å². The van der Waals surface area contributed by atoms with E-state index in [1.165, 1.54) is 0 Å². The summed E-state index contributed by atoms with van der Waals surface area (Å²) in [4.78, 5) is 15.1. The lowest BCUT2D eigenvalue weighted by molar-refractivity contribution is 0.102. The fraction of sp³-hybridized carbons (Fsp3) is 0.318. The summed E-state index contributed by atoms with van der Waals surface area (Å²) >= 11 is 0. The lowest BCUT2D eigenvalue weighted by atomic mass is 10.0. The molecule has 0 aliphatic carbocycles. The molecule has 4 heteroatoms. The topological polar surface area (TPSA) is 45.5 Å². The Balaban J connectivity index is 2.04. The van der Waals surface area contributed by atoms with Crippen LogP contribution in [0.2, 0.25) is 0 Å². The standard InChI is InChI=1S/C22H26N2O2/c1-3-23(4-2)14-18(25)15-24-16-21(17-10-6-5-7-11-17)19-12-8-9-13-20(19)22(24)26/h5-13,16,18,25H,3-4,14-15H2,1-2H3. The number of nitrogens with zero attached hydrogens (tertiary/aromatic N) is 2. The van der Waals surface area contributed by atoms with Crippen molar-refractivity contribution in [3.8, 4) is 11.1 Å². The average molecular weight is 350 g/mol. The summed E-state index contributed by atoms with van der Waals surface area (Å²) in [7, 11) is 0. The van der Waals surface area contributed by atoms with Gasteiger partial charge in [-0.3, -0.25) is 4.79 Å². The van der Waals surface area contributed by atoms with Gasteiger partial charge in [0.05, 0.1) is 12.6 Å². The zero-order valence-corrected chi connectivity index (χ0v) is 15.4. The SMILES string of the molecule is CCN(CC)CC(O)Cn1cc(-c2ccccc2)c2ccccc2c1=O. The fourth-order valence-electron chi connectivity index (χ4n) is 3.39. The molecule has 2 aromatic carbocycles. The summed E-state index contributed by atoms with van der Waals surface area (Å²) in [5.41, 5.74) is 2.02. The van der Waals surface area contributed by atoms with Crippen LogP contribution in [0.5, 0.6) is 0 Å². The van der Waals surface area contributed by atoms with Gasteiger partial charge in [-0.25, -0.2) is 0 Å². The van der Waals surface area contributed by atoms with Crippen LogP contribution in [0.15, 0.2) is 65.6 Å². The lowest BCUT2D eigenvalue weighted by Crippen LogP contribution is -2.36. The van der Waals surface area contributed by atoms with Gasteiger partial charge in [0.25, 0.3) is 5.56 Å². The molecule has 1 N–H and O–H groups in total. The maximum atomic E-state index is 12.9. The van der Waals surface area contributed by atoms with Crippen molar-refractivity contribution >= 4 is 10.8 Å². The molecule has 1 heterocycles. The highest BCUT2D eigenvalue weighted by molar-refractivity contribution is 5.95. The monoisotopic (exact) mass is 350 g/mol. The van der Waals surface area contributed by atoms with Crippen molar-refractivity contribution in [1.82, 2.24) is 9.47 Å². The normalized spacial score (nSPS) is 12.6. The van der Waals surface area contributed by atoms with Crippen LogP contribution in [0.3, 0.4) is 0 Å². The van der Waals surface area contributed by atoms with Crippen LogP contribution in [-0.2, 0) is 6.54 Å². The number of aliphatic hydroxyl groups is 1. The second-order valence-electron chi connectivity index (χ2n) is 6.55. The number of aromatic nitrogens is 1. The maximum Gasteiger partial charge on any atom is 0.258 e. The molecule has 0 spiro atoms. The third-order valence-electron chi connectivity index (χ3n) is 4.85. The minimum Gasteiger partial charge on any atom is -0.390 e. The van der Waals surface area contributed by atoms with Gasteiger partial charge in [0.15, 0.2) is 0 Å². The molecule has 0 aliphatic heterocycles. The van der Waals surface area contributed by atoms with Gasteiger partial charge in [0.1, 0.15) is 0 Å². The first kappa shape index (κ1) is 18.4. The quantitative estimate of drug-likeness (QED) is 0.711. The van der Waals surface area contributed by atoms with Crippen LogP contribution in [0.4, 0.5) is 0 Å².